The lowest BCUT2D eigenvalue weighted by Gasteiger charge is -2.34. The van der Waals surface area contributed by atoms with Gasteiger partial charge in [-0.15, -0.1) is 0 Å². The molecule has 2 N–H and O–H groups in total. The monoisotopic (exact) mass is 421 g/mol. The van der Waals surface area contributed by atoms with Crippen molar-refractivity contribution in [2.45, 2.75) is 6.92 Å². The lowest BCUT2D eigenvalue weighted by molar-refractivity contribution is 0.388. The molecule has 11 heteroatoms. The number of aromatic nitrogens is 4. The van der Waals surface area contributed by atoms with Crippen molar-refractivity contribution in [1.29, 1.82) is 0 Å². The second-order valence-corrected chi connectivity index (χ2v) is 9.07. The van der Waals surface area contributed by atoms with Crippen LogP contribution in [0.3, 0.4) is 0 Å². The SMILES string of the molecule is Cc1cc(Nc2nc(Cl)nc3cc(N4CCN(S(C)(=O)=O)CC4)ccc23)n[nH]1. The van der Waals surface area contributed by atoms with Crippen LogP contribution in [0.4, 0.5) is 17.3 Å². The molecule has 0 aliphatic carbocycles. The number of halogens is 1. The fraction of sp³-hybridized carbons (Fsp3) is 0.353. The topological polar surface area (TPSA) is 107 Å². The predicted molar refractivity (Wildman–Crippen MR) is 110 cm³/mol. The summed E-state index contributed by atoms with van der Waals surface area (Å²) in [6, 6.07) is 7.74. The van der Waals surface area contributed by atoms with Gasteiger partial charge in [-0.25, -0.2) is 13.4 Å². The van der Waals surface area contributed by atoms with Crippen molar-refractivity contribution in [2.24, 2.45) is 0 Å². The van der Waals surface area contributed by atoms with Crippen LogP contribution < -0.4 is 10.2 Å². The molecule has 2 aromatic heterocycles. The highest BCUT2D eigenvalue weighted by molar-refractivity contribution is 7.88. The maximum atomic E-state index is 11.7. The van der Waals surface area contributed by atoms with Gasteiger partial charge in [0.05, 0.1) is 11.8 Å². The van der Waals surface area contributed by atoms with Crippen LogP contribution in [0.5, 0.6) is 0 Å². The van der Waals surface area contributed by atoms with Gasteiger partial charge in [0, 0.05) is 49.0 Å². The molecule has 0 saturated carbocycles. The lowest BCUT2D eigenvalue weighted by Crippen LogP contribution is -2.48. The van der Waals surface area contributed by atoms with E-state index in [9.17, 15) is 8.42 Å². The zero-order valence-electron chi connectivity index (χ0n) is 15.5. The molecule has 3 heterocycles. The zero-order chi connectivity index (χ0) is 19.9. The van der Waals surface area contributed by atoms with Crippen LogP contribution in [-0.4, -0.2) is 65.3 Å². The Hall–Kier alpha value is -2.43. The van der Waals surface area contributed by atoms with Gasteiger partial charge >= 0.3 is 0 Å². The van der Waals surface area contributed by atoms with Crippen molar-refractivity contribution < 1.29 is 8.42 Å². The van der Waals surface area contributed by atoms with E-state index in [1.807, 2.05) is 31.2 Å². The van der Waals surface area contributed by atoms with E-state index in [4.69, 9.17) is 11.6 Å². The number of aromatic amines is 1. The first-order valence-electron chi connectivity index (χ1n) is 8.76. The van der Waals surface area contributed by atoms with Crippen molar-refractivity contribution in [3.63, 3.8) is 0 Å². The Morgan fingerprint density at radius 2 is 1.89 bits per heavy atom. The summed E-state index contributed by atoms with van der Waals surface area (Å²) in [5.74, 6) is 1.23. The maximum absolute atomic E-state index is 11.7. The molecular weight excluding hydrogens is 402 g/mol. The second kappa shape index (κ2) is 7.19. The predicted octanol–water partition coefficient (Wildman–Crippen LogP) is 2.14. The summed E-state index contributed by atoms with van der Waals surface area (Å²) in [6.45, 7) is 4.09. The average Bonchev–Trinajstić information content (AvgIpc) is 3.05. The molecule has 148 valence electrons. The van der Waals surface area contributed by atoms with Gasteiger partial charge in [-0.1, -0.05) is 0 Å². The summed E-state index contributed by atoms with van der Waals surface area (Å²) in [6.07, 6.45) is 1.24. The van der Waals surface area contributed by atoms with E-state index in [0.29, 0.717) is 43.3 Å². The molecule has 0 atom stereocenters. The molecule has 4 rings (SSSR count). The van der Waals surface area contributed by atoms with Crippen molar-refractivity contribution in [2.75, 3.05) is 42.7 Å². The average molecular weight is 422 g/mol. The lowest BCUT2D eigenvalue weighted by atomic mass is 10.2. The number of hydrogen-bond donors (Lipinski definition) is 2. The van der Waals surface area contributed by atoms with E-state index in [2.05, 4.69) is 30.4 Å². The zero-order valence-corrected chi connectivity index (χ0v) is 17.0. The maximum Gasteiger partial charge on any atom is 0.224 e. The van der Waals surface area contributed by atoms with E-state index in [1.165, 1.54) is 10.6 Å². The standard InChI is InChI=1S/C17H20ClN7O2S/c1-11-9-15(23-22-11)20-16-13-4-3-12(10-14(13)19-17(18)21-16)24-5-7-25(8-6-24)28(2,26)27/h3-4,9-10H,5-8H2,1-2H3,(H2,19,20,21,22,23). The Kier molecular flexibility index (Phi) is 4.86. The van der Waals surface area contributed by atoms with Crippen LogP contribution in [0.25, 0.3) is 10.9 Å². The largest absolute Gasteiger partial charge is 0.369 e. The first kappa shape index (κ1) is 18.9. The minimum atomic E-state index is -3.15. The van der Waals surface area contributed by atoms with E-state index in [-0.39, 0.29) is 5.28 Å². The van der Waals surface area contributed by atoms with Crippen LogP contribution in [0.1, 0.15) is 5.69 Å². The molecule has 3 aromatic rings. The fourth-order valence-corrected chi connectivity index (χ4v) is 4.27. The molecule has 0 radical (unpaired) electrons. The van der Waals surface area contributed by atoms with Crippen molar-refractivity contribution in [3.8, 4) is 0 Å². The molecule has 0 amide bonds. The summed E-state index contributed by atoms with van der Waals surface area (Å²) >= 11 is 6.13. The number of benzene rings is 1. The van der Waals surface area contributed by atoms with Crippen molar-refractivity contribution in [3.05, 3.63) is 35.2 Å². The van der Waals surface area contributed by atoms with Crippen LogP contribution in [0.2, 0.25) is 5.28 Å². The summed E-state index contributed by atoms with van der Waals surface area (Å²) in [7, 11) is -3.15. The molecular formula is C17H20ClN7O2S. The van der Waals surface area contributed by atoms with Crippen LogP contribution in [-0.2, 0) is 10.0 Å². The second-order valence-electron chi connectivity index (χ2n) is 6.75. The van der Waals surface area contributed by atoms with Gasteiger partial charge in [-0.3, -0.25) is 5.10 Å². The van der Waals surface area contributed by atoms with Crippen LogP contribution >= 0.6 is 11.6 Å². The van der Waals surface area contributed by atoms with Gasteiger partial charge in [0.15, 0.2) is 5.82 Å². The molecule has 1 fully saturated rings. The number of hydrogen-bond acceptors (Lipinski definition) is 7. The van der Waals surface area contributed by atoms with Crippen molar-refractivity contribution >= 4 is 49.9 Å². The molecule has 0 bridgehead atoms. The van der Waals surface area contributed by atoms with Crippen LogP contribution in [0.15, 0.2) is 24.3 Å². The Morgan fingerprint density at radius 3 is 2.54 bits per heavy atom. The highest BCUT2D eigenvalue weighted by Gasteiger charge is 2.23. The highest BCUT2D eigenvalue weighted by atomic mass is 35.5. The summed E-state index contributed by atoms with van der Waals surface area (Å²) in [5.41, 5.74) is 2.61. The molecule has 0 spiro atoms. The van der Waals surface area contributed by atoms with E-state index in [0.717, 1.165) is 16.8 Å². The summed E-state index contributed by atoms with van der Waals surface area (Å²) < 4.78 is 24.9. The Labute approximate surface area is 167 Å². The van der Waals surface area contributed by atoms with Gasteiger partial charge in [-0.2, -0.15) is 14.4 Å². The van der Waals surface area contributed by atoms with Gasteiger partial charge in [0.25, 0.3) is 0 Å². The van der Waals surface area contributed by atoms with E-state index in [1.54, 1.807) is 0 Å². The quantitative estimate of drug-likeness (QED) is 0.621. The van der Waals surface area contributed by atoms with E-state index >= 15 is 0 Å². The third-order valence-corrected chi connectivity index (χ3v) is 6.15. The number of piperazine rings is 1. The van der Waals surface area contributed by atoms with Gasteiger partial charge in [-0.05, 0) is 36.7 Å². The first-order chi connectivity index (χ1) is 13.3. The molecule has 28 heavy (non-hydrogen) atoms. The normalized spacial score (nSPS) is 15.9. The summed E-state index contributed by atoms with van der Waals surface area (Å²) in [5, 5.41) is 11.2. The Balaban J connectivity index is 1.61. The number of aryl methyl sites for hydroxylation is 1. The Morgan fingerprint density at radius 1 is 1.14 bits per heavy atom. The molecule has 1 aliphatic heterocycles. The Bertz CT molecular complexity index is 1120. The van der Waals surface area contributed by atoms with Gasteiger partial charge in [0.1, 0.15) is 5.82 Å². The number of anilines is 3. The molecule has 1 aromatic carbocycles. The number of rotatable bonds is 4. The van der Waals surface area contributed by atoms with Crippen molar-refractivity contribution in [1.82, 2.24) is 24.5 Å². The number of nitrogens with one attached hydrogen (secondary N) is 2. The fourth-order valence-electron chi connectivity index (χ4n) is 3.26. The van der Waals surface area contributed by atoms with Crippen LogP contribution in [0, 0.1) is 6.92 Å². The highest BCUT2D eigenvalue weighted by Crippen LogP contribution is 2.29. The third-order valence-electron chi connectivity index (χ3n) is 4.68. The smallest absolute Gasteiger partial charge is 0.224 e. The number of sulfonamides is 1. The molecule has 9 nitrogen and oxygen atoms in total. The number of H-pyrrole nitrogens is 1. The van der Waals surface area contributed by atoms with Gasteiger partial charge < -0.3 is 10.2 Å². The molecule has 1 saturated heterocycles. The number of fused-ring (bicyclic) bond motifs is 1. The third kappa shape index (κ3) is 3.89. The van der Waals surface area contributed by atoms with Gasteiger partial charge in [0.2, 0.25) is 15.3 Å². The van der Waals surface area contributed by atoms with E-state index < -0.39 is 10.0 Å². The molecule has 1 aliphatic rings. The minimum Gasteiger partial charge on any atom is -0.369 e. The summed E-state index contributed by atoms with van der Waals surface area (Å²) in [4.78, 5) is 10.8. The first-order valence-corrected chi connectivity index (χ1v) is 11.0. The molecule has 0 unspecified atom stereocenters. The number of nitrogens with zero attached hydrogens (tertiary/aromatic N) is 5. The minimum absolute atomic E-state index is 0.140.